The lowest BCUT2D eigenvalue weighted by Crippen LogP contribution is -2.12. The van der Waals surface area contributed by atoms with Crippen LogP contribution in [0.3, 0.4) is 0 Å². The molecule has 4 heterocycles. The number of nitriles is 1. The summed E-state index contributed by atoms with van der Waals surface area (Å²) in [5.41, 5.74) is 7.07. The third-order valence-corrected chi connectivity index (χ3v) is 9.64. The van der Waals surface area contributed by atoms with Gasteiger partial charge >= 0.3 is 0 Å². The van der Waals surface area contributed by atoms with Crippen molar-refractivity contribution in [3.05, 3.63) is 138 Å². The SMILES string of the molecule is [C-]#[N+]c1ccc2c3ccc(Oc4ccc5c6ccc(C#N)cc6n(-c6cc(C(C)(C)C)ccn6)c5c4)cc3n(-c3cc(C(C)(C)C)ccn3)c2c1. The number of benzene rings is 4. The van der Waals surface area contributed by atoms with Crippen LogP contribution in [-0.4, -0.2) is 19.1 Å². The Bertz CT molecular complexity index is 2580. The Morgan fingerprint density at radius 3 is 1.51 bits per heavy atom. The van der Waals surface area contributed by atoms with Crippen molar-refractivity contribution in [1.82, 2.24) is 19.1 Å². The van der Waals surface area contributed by atoms with Crippen molar-refractivity contribution in [3.8, 4) is 29.2 Å². The van der Waals surface area contributed by atoms with Gasteiger partial charge in [0, 0.05) is 51.6 Å². The minimum Gasteiger partial charge on any atom is -0.457 e. The summed E-state index contributed by atoms with van der Waals surface area (Å²) in [6.45, 7) is 20.8. The van der Waals surface area contributed by atoms with Gasteiger partial charge < -0.3 is 4.74 Å². The summed E-state index contributed by atoms with van der Waals surface area (Å²) in [7, 11) is 0. The first-order chi connectivity index (χ1) is 24.4. The van der Waals surface area contributed by atoms with Gasteiger partial charge in [-0.3, -0.25) is 9.13 Å². The smallest absolute Gasteiger partial charge is 0.189 e. The molecule has 8 rings (SSSR count). The maximum absolute atomic E-state index is 9.77. The van der Waals surface area contributed by atoms with E-state index >= 15 is 0 Å². The topological polar surface area (TPSA) is 73.0 Å². The average Bonchev–Trinajstić information content (AvgIpc) is 3.61. The quantitative estimate of drug-likeness (QED) is 0.176. The molecule has 7 nitrogen and oxygen atoms in total. The Balaban J connectivity index is 1.30. The number of hydrogen-bond donors (Lipinski definition) is 0. The molecule has 0 radical (unpaired) electrons. The highest BCUT2D eigenvalue weighted by atomic mass is 16.5. The highest BCUT2D eigenvalue weighted by Gasteiger charge is 2.21. The van der Waals surface area contributed by atoms with Crippen LogP contribution in [0.5, 0.6) is 11.5 Å². The van der Waals surface area contributed by atoms with Gasteiger partial charge in [0.1, 0.15) is 23.1 Å². The van der Waals surface area contributed by atoms with Crippen LogP contribution in [0.25, 0.3) is 60.1 Å². The van der Waals surface area contributed by atoms with E-state index in [4.69, 9.17) is 21.3 Å². The molecule has 248 valence electrons. The molecule has 0 amide bonds. The van der Waals surface area contributed by atoms with Gasteiger partial charge in [-0.2, -0.15) is 5.26 Å². The van der Waals surface area contributed by atoms with Gasteiger partial charge in [0.2, 0.25) is 0 Å². The van der Waals surface area contributed by atoms with Gasteiger partial charge in [-0.25, -0.2) is 14.8 Å². The van der Waals surface area contributed by atoms with Crippen molar-refractivity contribution in [3.63, 3.8) is 0 Å². The average molecular weight is 665 g/mol. The molecule has 4 aromatic heterocycles. The fourth-order valence-electron chi connectivity index (χ4n) is 6.90. The Labute approximate surface area is 296 Å². The summed E-state index contributed by atoms with van der Waals surface area (Å²) in [5, 5.41) is 13.9. The second-order valence-corrected chi connectivity index (χ2v) is 15.1. The van der Waals surface area contributed by atoms with Crippen LogP contribution in [-0.2, 0) is 10.8 Å². The summed E-state index contributed by atoms with van der Waals surface area (Å²) in [6.07, 6.45) is 3.70. The highest BCUT2D eigenvalue weighted by Crippen LogP contribution is 2.39. The first-order valence-corrected chi connectivity index (χ1v) is 17.0. The maximum atomic E-state index is 9.77. The molecule has 0 bridgehead atoms. The molecular formula is C44H36N6O. The maximum Gasteiger partial charge on any atom is 0.189 e. The molecule has 0 spiro atoms. The van der Waals surface area contributed by atoms with E-state index in [0.29, 0.717) is 22.7 Å². The van der Waals surface area contributed by atoms with Crippen LogP contribution < -0.4 is 4.74 Å². The zero-order chi connectivity index (χ0) is 35.7. The summed E-state index contributed by atoms with van der Waals surface area (Å²) in [5.74, 6) is 2.91. The van der Waals surface area contributed by atoms with Crippen molar-refractivity contribution < 1.29 is 4.74 Å². The van der Waals surface area contributed by atoms with Gasteiger partial charge in [0.25, 0.3) is 0 Å². The highest BCUT2D eigenvalue weighted by molar-refractivity contribution is 6.11. The number of fused-ring (bicyclic) bond motifs is 6. The van der Waals surface area contributed by atoms with E-state index in [1.54, 1.807) is 0 Å². The standard InChI is InChI=1S/C44H36N6O/c1-43(2,3)28-16-18-47-41(21-28)49-37-20-27(26-45)8-12-33(37)35-14-10-31(24-39(35)49)51-32-11-15-36-34-13-9-30(46-7)23-38(34)50(40(36)25-32)42-22-29(17-19-48-42)44(4,5)6/h8-25H,1-6H3. The molecule has 51 heavy (non-hydrogen) atoms. The number of aromatic nitrogens is 4. The summed E-state index contributed by atoms with van der Waals surface area (Å²) >= 11 is 0. The van der Waals surface area contributed by atoms with E-state index in [1.807, 2.05) is 73.1 Å². The van der Waals surface area contributed by atoms with E-state index in [9.17, 15) is 5.26 Å². The Morgan fingerprint density at radius 1 is 0.588 bits per heavy atom. The van der Waals surface area contributed by atoms with E-state index in [0.717, 1.165) is 55.2 Å². The van der Waals surface area contributed by atoms with Crippen LogP contribution >= 0.6 is 0 Å². The summed E-state index contributed by atoms with van der Waals surface area (Å²) < 4.78 is 10.9. The molecule has 4 aromatic carbocycles. The second kappa shape index (κ2) is 11.6. The van der Waals surface area contributed by atoms with Crippen LogP contribution in [0.2, 0.25) is 0 Å². The Kier molecular flexibility index (Phi) is 7.22. The molecule has 0 N–H and O–H groups in total. The van der Waals surface area contributed by atoms with E-state index in [2.05, 4.69) is 98.0 Å². The zero-order valence-electron chi connectivity index (χ0n) is 29.5. The van der Waals surface area contributed by atoms with Gasteiger partial charge in [0.15, 0.2) is 5.69 Å². The molecule has 0 aliphatic carbocycles. The van der Waals surface area contributed by atoms with E-state index < -0.39 is 0 Å². The minimum atomic E-state index is -0.0647. The normalized spacial score (nSPS) is 12.1. The lowest BCUT2D eigenvalue weighted by Gasteiger charge is -2.20. The number of nitrogens with zero attached hydrogens (tertiary/aromatic N) is 6. The molecule has 7 heteroatoms. The molecule has 0 saturated carbocycles. The number of rotatable bonds is 4. The van der Waals surface area contributed by atoms with E-state index in [1.165, 1.54) is 11.1 Å². The number of hydrogen-bond acceptors (Lipinski definition) is 4. The van der Waals surface area contributed by atoms with E-state index in [-0.39, 0.29) is 10.8 Å². The molecule has 0 unspecified atom stereocenters. The van der Waals surface area contributed by atoms with Gasteiger partial charge in [-0.05, 0) is 88.7 Å². The minimum absolute atomic E-state index is 0.0622. The molecule has 0 fully saturated rings. The molecule has 0 atom stereocenters. The van der Waals surface area contributed by atoms with Crippen LogP contribution in [0.1, 0.15) is 58.2 Å². The lowest BCUT2D eigenvalue weighted by molar-refractivity contribution is 0.484. The largest absolute Gasteiger partial charge is 0.457 e. The van der Waals surface area contributed by atoms with Gasteiger partial charge in [-0.1, -0.05) is 59.7 Å². The predicted molar refractivity (Wildman–Crippen MR) is 206 cm³/mol. The Morgan fingerprint density at radius 2 is 1.04 bits per heavy atom. The first-order valence-electron chi connectivity index (χ1n) is 17.0. The summed E-state index contributed by atoms with van der Waals surface area (Å²) in [4.78, 5) is 13.3. The summed E-state index contributed by atoms with van der Waals surface area (Å²) in [6, 6.07) is 34.5. The van der Waals surface area contributed by atoms with Crippen LogP contribution in [0.4, 0.5) is 5.69 Å². The molecule has 0 saturated heterocycles. The zero-order valence-corrected chi connectivity index (χ0v) is 29.5. The lowest BCUT2D eigenvalue weighted by atomic mass is 9.88. The molecule has 0 aliphatic heterocycles. The van der Waals surface area contributed by atoms with Crippen LogP contribution in [0.15, 0.2) is 109 Å². The van der Waals surface area contributed by atoms with Crippen molar-refractivity contribution in [1.29, 1.82) is 5.26 Å². The van der Waals surface area contributed by atoms with Crippen molar-refractivity contribution in [2.75, 3.05) is 0 Å². The van der Waals surface area contributed by atoms with Gasteiger partial charge in [0.05, 0.1) is 34.8 Å². The van der Waals surface area contributed by atoms with Crippen molar-refractivity contribution >= 4 is 49.3 Å². The third kappa shape index (κ3) is 5.44. The molecular weight excluding hydrogens is 629 g/mol. The Hall–Kier alpha value is -6.44. The predicted octanol–water partition coefficient (Wildman–Crippen LogP) is 11.5. The first kappa shape index (κ1) is 31.8. The fourth-order valence-corrected chi connectivity index (χ4v) is 6.90. The second-order valence-electron chi connectivity index (χ2n) is 15.1. The number of ether oxygens (including phenoxy) is 1. The van der Waals surface area contributed by atoms with Crippen molar-refractivity contribution in [2.45, 2.75) is 52.4 Å². The molecule has 8 aromatic rings. The number of pyridine rings is 2. The monoisotopic (exact) mass is 664 g/mol. The van der Waals surface area contributed by atoms with Gasteiger partial charge in [-0.15, -0.1) is 0 Å². The third-order valence-electron chi connectivity index (χ3n) is 9.64. The fraction of sp³-hybridized carbons (Fsp3) is 0.182. The van der Waals surface area contributed by atoms with Crippen LogP contribution in [0, 0.1) is 17.9 Å². The van der Waals surface area contributed by atoms with Crippen molar-refractivity contribution in [2.24, 2.45) is 0 Å². The molecule has 0 aliphatic rings.